The molecule has 22 heavy (non-hydrogen) atoms. The summed E-state index contributed by atoms with van der Waals surface area (Å²) in [6.45, 7) is 1.87. The van der Waals surface area contributed by atoms with Crippen molar-refractivity contribution in [1.29, 1.82) is 0 Å². The van der Waals surface area contributed by atoms with E-state index < -0.39 is 17.3 Å². The monoisotopic (exact) mass is 301 g/mol. The minimum absolute atomic E-state index is 0.113. The zero-order chi connectivity index (χ0) is 15.9. The predicted molar refractivity (Wildman–Crippen MR) is 76.0 cm³/mol. The molecule has 1 atom stereocenters. The second kappa shape index (κ2) is 5.18. The SMILES string of the molecule is C[C@@H]1CC(=O)Nc2ncnc(-c3ccc(F)c(C(=O)O)c3)c21. The Hall–Kier alpha value is -2.83. The van der Waals surface area contributed by atoms with Crippen LogP contribution in [-0.2, 0) is 4.79 Å². The molecule has 2 N–H and O–H groups in total. The van der Waals surface area contributed by atoms with Crippen LogP contribution in [0.1, 0.15) is 35.2 Å². The summed E-state index contributed by atoms with van der Waals surface area (Å²) >= 11 is 0. The Morgan fingerprint density at radius 2 is 2.18 bits per heavy atom. The summed E-state index contributed by atoms with van der Waals surface area (Å²) in [6, 6.07) is 3.80. The zero-order valence-corrected chi connectivity index (χ0v) is 11.6. The van der Waals surface area contributed by atoms with Gasteiger partial charge in [-0.3, -0.25) is 4.79 Å². The number of aromatic carboxylic acids is 1. The number of rotatable bonds is 2. The lowest BCUT2D eigenvalue weighted by molar-refractivity contribution is -0.116. The third-order valence-electron chi connectivity index (χ3n) is 3.60. The molecular weight excluding hydrogens is 289 g/mol. The van der Waals surface area contributed by atoms with Crippen molar-refractivity contribution in [2.24, 2.45) is 0 Å². The van der Waals surface area contributed by atoms with E-state index in [4.69, 9.17) is 5.11 Å². The smallest absolute Gasteiger partial charge is 0.338 e. The van der Waals surface area contributed by atoms with Crippen LogP contribution in [-0.4, -0.2) is 27.0 Å². The number of halogens is 1. The molecule has 0 fully saturated rings. The van der Waals surface area contributed by atoms with Crippen molar-refractivity contribution in [3.63, 3.8) is 0 Å². The first-order valence-electron chi connectivity index (χ1n) is 6.65. The van der Waals surface area contributed by atoms with Gasteiger partial charge >= 0.3 is 5.97 Å². The van der Waals surface area contributed by atoms with Crippen molar-refractivity contribution in [2.45, 2.75) is 19.3 Å². The number of hydrogen-bond acceptors (Lipinski definition) is 4. The van der Waals surface area contributed by atoms with Crippen LogP contribution in [0.2, 0.25) is 0 Å². The van der Waals surface area contributed by atoms with Gasteiger partial charge in [-0.15, -0.1) is 0 Å². The Morgan fingerprint density at radius 1 is 1.41 bits per heavy atom. The molecule has 6 nitrogen and oxygen atoms in total. The number of anilines is 1. The van der Waals surface area contributed by atoms with Crippen LogP contribution in [0.5, 0.6) is 0 Å². The number of carboxylic acids is 1. The number of carbonyl (C=O) groups excluding carboxylic acids is 1. The number of carboxylic acid groups (broad SMARTS) is 1. The Bertz CT molecular complexity index is 792. The van der Waals surface area contributed by atoms with Gasteiger partial charge in [0.15, 0.2) is 0 Å². The number of nitrogens with one attached hydrogen (secondary N) is 1. The van der Waals surface area contributed by atoms with Gasteiger partial charge in [0.05, 0.1) is 11.3 Å². The highest BCUT2D eigenvalue weighted by molar-refractivity contribution is 5.95. The fourth-order valence-electron chi connectivity index (χ4n) is 2.59. The summed E-state index contributed by atoms with van der Waals surface area (Å²) in [5.41, 5.74) is 1.28. The van der Waals surface area contributed by atoms with E-state index in [0.717, 1.165) is 11.6 Å². The summed E-state index contributed by atoms with van der Waals surface area (Å²) in [4.78, 5) is 30.9. The molecule has 1 aliphatic heterocycles. The number of benzene rings is 1. The Morgan fingerprint density at radius 3 is 2.91 bits per heavy atom. The topological polar surface area (TPSA) is 92.2 Å². The number of nitrogens with zero attached hydrogens (tertiary/aromatic N) is 2. The first kappa shape index (κ1) is 14.1. The van der Waals surface area contributed by atoms with Gasteiger partial charge in [0.25, 0.3) is 0 Å². The van der Waals surface area contributed by atoms with E-state index in [1.165, 1.54) is 18.5 Å². The van der Waals surface area contributed by atoms with E-state index >= 15 is 0 Å². The largest absolute Gasteiger partial charge is 0.478 e. The minimum Gasteiger partial charge on any atom is -0.478 e. The maximum Gasteiger partial charge on any atom is 0.338 e. The zero-order valence-electron chi connectivity index (χ0n) is 11.6. The molecule has 0 saturated heterocycles. The van der Waals surface area contributed by atoms with Gasteiger partial charge < -0.3 is 10.4 Å². The van der Waals surface area contributed by atoms with E-state index in [9.17, 15) is 14.0 Å². The Balaban J connectivity index is 2.18. The van der Waals surface area contributed by atoms with E-state index in [0.29, 0.717) is 23.5 Å². The van der Waals surface area contributed by atoms with Gasteiger partial charge in [-0.1, -0.05) is 6.92 Å². The Kier molecular flexibility index (Phi) is 3.32. The molecule has 0 radical (unpaired) electrons. The van der Waals surface area contributed by atoms with Crippen molar-refractivity contribution in [2.75, 3.05) is 5.32 Å². The van der Waals surface area contributed by atoms with Crippen LogP contribution in [0.15, 0.2) is 24.5 Å². The van der Waals surface area contributed by atoms with Crippen LogP contribution >= 0.6 is 0 Å². The molecule has 0 spiro atoms. The van der Waals surface area contributed by atoms with Crippen molar-refractivity contribution >= 4 is 17.7 Å². The third-order valence-corrected chi connectivity index (χ3v) is 3.60. The second-order valence-electron chi connectivity index (χ2n) is 5.14. The maximum absolute atomic E-state index is 13.5. The molecule has 1 aromatic carbocycles. The Labute approximate surface area is 125 Å². The summed E-state index contributed by atoms with van der Waals surface area (Å²) in [5.74, 6) is -1.98. The lowest BCUT2D eigenvalue weighted by atomic mass is 9.90. The van der Waals surface area contributed by atoms with Crippen LogP contribution in [0.25, 0.3) is 11.3 Å². The molecule has 0 bridgehead atoms. The fraction of sp³-hybridized carbons (Fsp3) is 0.200. The molecule has 112 valence electrons. The molecular formula is C15H12FN3O3. The standard InChI is InChI=1S/C15H12FN3O3/c1-7-4-11(20)19-14-12(7)13(17-6-18-14)8-2-3-10(16)9(5-8)15(21)22/h2-3,5-7H,4H2,1H3,(H,21,22)(H,17,18,19,20)/t7-/m1/s1. The normalized spacial score (nSPS) is 16.8. The number of fused-ring (bicyclic) bond motifs is 1. The molecule has 1 aromatic heterocycles. The van der Waals surface area contributed by atoms with E-state index in [2.05, 4.69) is 15.3 Å². The van der Waals surface area contributed by atoms with Gasteiger partial charge in [-0.05, 0) is 24.1 Å². The van der Waals surface area contributed by atoms with Crippen molar-refractivity contribution < 1.29 is 19.1 Å². The van der Waals surface area contributed by atoms with Gasteiger partial charge in [0, 0.05) is 17.5 Å². The highest BCUT2D eigenvalue weighted by Gasteiger charge is 2.27. The number of aromatic nitrogens is 2. The van der Waals surface area contributed by atoms with E-state index in [-0.39, 0.29) is 11.8 Å². The summed E-state index contributed by atoms with van der Waals surface area (Å²) < 4.78 is 13.5. The first-order chi connectivity index (χ1) is 10.5. The van der Waals surface area contributed by atoms with Crippen molar-refractivity contribution in [1.82, 2.24) is 9.97 Å². The highest BCUT2D eigenvalue weighted by Crippen LogP contribution is 2.37. The highest BCUT2D eigenvalue weighted by atomic mass is 19.1. The van der Waals surface area contributed by atoms with Crippen LogP contribution in [0.4, 0.5) is 10.2 Å². The van der Waals surface area contributed by atoms with Gasteiger partial charge in [0.2, 0.25) is 5.91 Å². The molecule has 7 heteroatoms. The molecule has 0 saturated carbocycles. The van der Waals surface area contributed by atoms with Crippen LogP contribution in [0.3, 0.4) is 0 Å². The van der Waals surface area contributed by atoms with Gasteiger partial charge in [0.1, 0.15) is 18.0 Å². The summed E-state index contributed by atoms with van der Waals surface area (Å²) in [7, 11) is 0. The van der Waals surface area contributed by atoms with Crippen LogP contribution in [0, 0.1) is 5.82 Å². The number of hydrogen-bond donors (Lipinski definition) is 2. The molecule has 0 unspecified atom stereocenters. The maximum atomic E-state index is 13.5. The molecule has 3 rings (SSSR count). The van der Waals surface area contributed by atoms with E-state index in [1.54, 1.807) is 0 Å². The van der Waals surface area contributed by atoms with Gasteiger partial charge in [-0.25, -0.2) is 19.2 Å². The van der Waals surface area contributed by atoms with Gasteiger partial charge in [-0.2, -0.15) is 0 Å². The number of carbonyl (C=O) groups is 2. The van der Waals surface area contributed by atoms with Crippen molar-refractivity contribution in [3.8, 4) is 11.3 Å². The molecule has 2 heterocycles. The molecule has 1 aliphatic rings. The van der Waals surface area contributed by atoms with E-state index in [1.807, 2.05) is 6.92 Å². The molecule has 1 amide bonds. The van der Waals surface area contributed by atoms with Crippen molar-refractivity contribution in [3.05, 3.63) is 41.5 Å². The van der Waals surface area contributed by atoms with Crippen LogP contribution < -0.4 is 5.32 Å². The molecule has 0 aliphatic carbocycles. The number of amides is 1. The average Bonchev–Trinajstić information content (AvgIpc) is 2.46. The third kappa shape index (κ3) is 2.30. The lowest BCUT2D eigenvalue weighted by Crippen LogP contribution is -2.23. The first-order valence-corrected chi connectivity index (χ1v) is 6.65. The quantitative estimate of drug-likeness (QED) is 0.888. The average molecular weight is 301 g/mol. The summed E-state index contributed by atoms with van der Waals surface area (Å²) in [6.07, 6.45) is 1.58. The lowest BCUT2D eigenvalue weighted by Gasteiger charge is -2.23. The second-order valence-corrected chi connectivity index (χ2v) is 5.14. The predicted octanol–water partition coefficient (Wildman–Crippen LogP) is 2.43. The fourth-order valence-corrected chi connectivity index (χ4v) is 2.59. The molecule has 2 aromatic rings. The summed E-state index contributed by atoms with van der Waals surface area (Å²) in [5, 5.41) is 11.7. The minimum atomic E-state index is -1.34.